The van der Waals surface area contributed by atoms with E-state index in [1.54, 1.807) is 31.3 Å². The maximum Gasteiger partial charge on any atom is 0.274 e. The van der Waals surface area contributed by atoms with Gasteiger partial charge in [-0.3, -0.25) is 9.59 Å². The van der Waals surface area contributed by atoms with Crippen LogP contribution in [0.15, 0.2) is 52.9 Å². The first-order valence-corrected chi connectivity index (χ1v) is 10.3. The van der Waals surface area contributed by atoms with Gasteiger partial charge >= 0.3 is 0 Å². The van der Waals surface area contributed by atoms with Crippen LogP contribution in [0.25, 0.3) is 0 Å². The first-order chi connectivity index (χ1) is 14.9. The zero-order chi connectivity index (χ0) is 22.4. The Labute approximate surface area is 184 Å². The number of nitrogens with one attached hydrogen (secondary N) is 2. The van der Waals surface area contributed by atoms with Gasteiger partial charge in [-0.15, -0.1) is 11.3 Å². The molecule has 2 amide bonds. The van der Waals surface area contributed by atoms with Crippen molar-refractivity contribution in [2.75, 3.05) is 19.5 Å². The molecular formula is C23H23N3O4S. The summed E-state index contributed by atoms with van der Waals surface area (Å²) in [4.78, 5) is 25.4. The monoisotopic (exact) mass is 437 g/mol. The standard InChI is InChI=1S/C23H23N3O4S/c1-14-5-7-16(8-6-14)12-24-26-22(28)20-15(2)13-31-23(20)25-21(27)17-9-10-18(29-3)19(11-17)30-4/h5-13H,1-4H3,(H,25,27)(H,26,28). The van der Waals surface area contributed by atoms with Gasteiger partial charge in [0.25, 0.3) is 11.8 Å². The molecule has 2 aromatic carbocycles. The van der Waals surface area contributed by atoms with Crippen molar-refractivity contribution in [2.24, 2.45) is 5.10 Å². The first kappa shape index (κ1) is 22.0. The van der Waals surface area contributed by atoms with Gasteiger partial charge < -0.3 is 14.8 Å². The second-order valence-electron chi connectivity index (χ2n) is 6.76. The van der Waals surface area contributed by atoms with Crippen LogP contribution in [0.2, 0.25) is 0 Å². The van der Waals surface area contributed by atoms with Gasteiger partial charge in [0, 0.05) is 5.56 Å². The van der Waals surface area contributed by atoms with Crippen molar-refractivity contribution < 1.29 is 19.1 Å². The second kappa shape index (κ2) is 9.90. The zero-order valence-corrected chi connectivity index (χ0v) is 18.5. The van der Waals surface area contributed by atoms with E-state index < -0.39 is 5.91 Å². The lowest BCUT2D eigenvalue weighted by Crippen LogP contribution is -2.21. The minimum absolute atomic E-state index is 0.361. The van der Waals surface area contributed by atoms with Crippen molar-refractivity contribution in [3.05, 3.63) is 75.7 Å². The van der Waals surface area contributed by atoms with E-state index in [2.05, 4.69) is 15.8 Å². The molecule has 7 nitrogen and oxygen atoms in total. The molecule has 31 heavy (non-hydrogen) atoms. The third-order valence-electron chi connectivity index (χ3n) is 4.53. The summed E-state index contributed by atoms with van der Waals surface area (Å²) in [6.45, 7) is 3.81. The predicted molar refractivity (Wildman–Crippen MR) is 123 cm³/mol. The maximum absolute atomic E-state index is 12.7. The molecule has 1 aromatic heterocycles. The number of thiophene rings is 1. The van der Waals surface area contributed by atoms with Crippen LogP contribution >= 0.6 is 11.3 Å². The summed E-state index contributed by atoms with van der Waals surface area (Å²) >= 11 is 1.28. The SMILES string of the molecule is COc1ccc(C(=O)Nc2scc(C)c2C(=O)NN=Cc2ccc(C)cc2)cc1OC. The third-order valence-corrected chi connectivity index (χ3v) is 5.55. The summed E-state index contributed by atoms with van der Waals surface area (Å²) < 4.78 is 10.4. The summed E-state index contributed by atoms with van der Waals surface area (Å²) in [5.41, 5.74) is 6.04. The molecule has 0 saturated carbocycles. The topological polar surface area (TPSA) is 89.0 Å². The number of nitrogens with zero attached hydrogens (tertiary/aromatic N) is 1. The van der Waals surface area contributed by atoms with E-state index in [-0.39, 0.29) is 5.91 Å². The van der Waals surface area contributed by atoms with Gasteiger partial charge in [0.1, 0.15) is 5.00 Å². The summed E-state index contributed by atoms with van der Waals surface area (Å²) in [7, 11) is 3.03. The van der Waals surface area contributed by atoms with E-state index >= 15 is 0 Å². The van der Waals surface area contributed by atoms with Crippen LogP contribution in [-0.4, -0.2) is 32.2 Å². The average Bonchev–Trinajstić information content (AvgIpc) is 3.14. The van der Waals surface area contributed by atoms with Gasteiger partial charge in [0.2, 0.25) is 0 Å². The Morgan fingerprint density at radius 1 is 0.968 bits per heavy atom. The largest absolute Gasteiger partial charge is 0.493 e. The van der Waals surface area contributed by atoms with Gasteiger partial charge in [-0.2, -0.15) is 5.10 Å². The molecule has 0 saturated heterocycles. The van der Waals surface area contributed by atoms with Gasteiger partial charge in [0.15, 0.2) is 11.5 Å². The quantitative estimate of drug-likeness (QED) is 0.424. The molecule has 160 valence electrons. The maximum atomic E-state index is 12.7. The van der Waals surface area contributed by atoms with Gasteiger partial charge in [-0.1, -0.05) is 29.8 Å². The van der Waals surface area contributed by atoms with E-state index in [1.807, 2.05) is 36.6 Å². The van der Waals surface area contributed by atoms with E-state index in [0.29, 0.717) is 27.6 Å². The highest BCUT2D eigenvalue weighted by Gasteiger charge is 2.19. The zero-order valence-electron chi connectivity index (χ0n) is 17.7. The number of methoxy groups -OCH3 is 2. The third kappa shape index (κ3) is 5.29. The lowest BCUT2D eigenvalue weighted by Gasteiger charge is -2.10. The average molecular weight is 438 g/mol. The lowest BCUT2D eigenvalue weighted by atomic mass is 10.1. The number of rotatable bonds is 7. The Morgan fingerprint density at radius 2 is 1.68 bits per heavy atom. The molecule has 3 rings (SSSR count). The minimum Gasteiger partial charge on any atom is -0.493 e. The highest BCUT2D eigenvalue weighted by molar-refractivity contribution is 7.15. The summed E-state index contributed by atoms with van der Waals surface area (Å²) in [5.74, 6) is 0.211. The number of benzene rings is 2. The number of carbonyl (C=O) groups is 2. The number of anilines is 1. The smallest absolute Gasteiger partial charge is 0.274 e. The van der Waals surface area contributed by atoms with E-state index in [1.165, 1.54) is 25.6 Å². The van der Waals surface area contributed by atoms with Gasteiger partial charge in [-0.25, -0.2) is 5.43 Å². The molecule has 0 radical (unpaired) electrons. The Kier molecular flexibility index (Phi) is 7.04. The molecule has 0 bridgehead atoms. The molecular weight excluding hydrogens is 414 g/mol. The molecule has 0 aliphatic rings. The number of hydrogen-bond donors (Lipinski definition) is 2. The van der Waals surface area contributed by atoms with Crippen molar-refractivity contribution in [3.8, 4) is 11.5 Å². The van der Waals surface area contributed by atoms with E-state index in [9.17, 15) is 9.59 Å². The van der Waals surface area contributed by atoms with Crippen LogP contribution in [0.3, 0.4) is 0 Å². The van der Waals surface area contributed by atoms with Crippen LogP contribution in [0.1, 0.15) is 37.4 Å². The highest BCUT2D eigenvalue weighted by atomic mass is 32.1. The molecule has 3 aromatic rings. The fourth-order valence-electron chi connectivity index (χ4n) is 2.85. The Balaban J connectivity index is 1.73. The molecule has 0 aliphatic carbocycles. The van der Waals surface area contributed by atoms with Crippen LogP contribution in [0.4, 0.5) is 5.00 Å². The van der Waals surface area contributed by atoms with Crippen molar-refractivity contribution in [2.45, 2.75) is 13.8 Å². The van der Waals surface area contributed by atoms with Crippen molar-refractivity contribution in [1.29, 1.82) is 0 Å². The number of amides is 2. The normalized spacial score (nSPS) is 10.7. The lowest BCUT2D eigenvalue weighted by molar-refractivity contribution is 0.0956. The van der Waals surface area contributed by atoms with Crippen molar-refractivity contribution in [1.82, 2.24) is 5.43 Å². The fraction of sp³-hybridized carbons (Fsp3) is 0.174. The first-order valence-electron chi connectivity index (χ1n) is 9.44. The number of aryl methyl sites for hydroxylation is 2. The second-order valence-corrected chi connectivity index (χ2v) is 7.64. The molecule has 0 fully saturated rings. The van der Waals surface area contributed by atoms with E-state index in [0.717, 1.165) is 16.7 Å². The molecule has 1 heterocycles. The molecule has 2 N–H and O–H groups in total. The predicted octanol–water partition coefficient (Wildman–Crippen LogP) is 4.40. The van der Waals surface area contributed by atoms with Gasteiger partial charge in [-0.05, 0) is 48.6 Å². The summed E-state index contributed by atoms with van der Waals surface area (Å²) in [5, 5.41) is 9.08. The molecule has 0 aliphatic heterocycles. The number of hydrazone groups is 1. The van der Waals surface area contributed by atoms with Crippen LogP contribution in [0.5, 0.6) is 11.5 Å². The number of hydrogen-bond acceptors (Lipinski definition) is 6. The summed E-state index contributed by atoms with van der Waals surface area (Å²) in [6.07, 6.45) is 1.57. The number of carbonyl (C=O) groups excluding carboxylic acids is 2. The Hall–Kier alpha value is -3.65. The molecule has 8 heteroatoms. The fourth-order valence-corrected chi connectivity index (χ4v) is 3.78. The molecule has 0 spiro atoms. The summed E-state index contributed by atoms with van der Waals surface area (Å²) in [6, 6.07) is 12.6. The Bertz CT molecular complexity index is 1120. The van der Waals surface area contributed by atoms with Gasteiger partial charge in [0.05, 0.1) is 26.0 Å². The number of ether oxygens (including phenoxy) is 2. The van der Waals surface area contributed by atoms with E-state index in [4.69, 9.17) is 9.47 Å². The van der Waals surface area contributed by atoms with Crippen LogP contribution < -0.4 is 20.2 Å². The van der Waals surface area contributed by atoms with Crippen molar-refractivity contribution >= 4 is 34.4 Å². The molecule has 0 unspecified atom stereocenters. The van der Waals surface area contributed by atoms with Crippen molar-refractivity contribution in [3.63, 3.8) is 0 Å². The van der Waals surface area contributed by atoms with Crippen LogP contribution in [0, 0.1) is 13.8 Å². The molecule has 0 atom stereocenters. The minimum atomic E-state index is -0.398. The highest BCUT2D eigenvalue weighted by Crippen LogP contribution is 2.30. The van der Waals surface area contributed by atoms with Crippen LogP contribution in [-0.2, 0) is 0 Å². The Morgan fingerprint density at radius 3 is 2.35 bits per heavy atom.